The van der Waals surface area contributed by atoms with Crippen LogP contribution >= 0.6 is 22.6 Å². The molecule has 0 aliphatic heterocycles. The topological polar surface area (TPSA) is 43.8 Å². The van der Waals surface area contributed by atoms with Crippen molar-refractivity contribution in [2.24, 2.45) is 0 Å². The van der Waals surface area contributed by atoms with Crippen LogP contribution in [0.5, 0.6) is 0 Å². The van der Waals surface area contributed by atoms with E-state index in [1.54, 1.807) is 16.8 Å². The van der Waals surface area contributed by atoms with Crippen molar-refractivity contribution in [3.8, 4) is 0 Å². The van der Waals surface area contributed by atoms with Crippen LogP contribution in [0, 0.1) is 16.3 Å². The summed E-state index contributed by atoms with van der Waals surface area (Å²) in [6, 6.07) is 6.61. The lowest BCUT2D eigenvalue weighted by Crippen LogP contribution is -2.15. The second kappa shape index (κ2) is 5.26. The number of benzene rings is 1. The molecule has 2 aromatic rings. The maximum absolute atomic E-state index is 13.9. The van der Waals surface area contributed by atoms with Crippen LogP contribution < -0.4 is 5.73 Å². The molecule has 96 valence electrons. The number of hydrogen-bond donors (Lipinski definition) is 1. The van der Waals surface area contributed by atoms with Crippen molar-refractivity contribution in [3.63, 3.8) is 0 Å². The maximum atomic E-state index is 13.9. The average molecular weight is 359 g/mol. The van der Waals surface area contributed by atoms with E-state index in [-0.39, 0.29) is 11.9 Å². The van der Waals surface area contributed by atoms with Crippen LogP contribution in [-0.2, 0) is 0 Å². The van der Waals surface area contributed by atoms with Gasteiger partial charge in [-0.3, -0.25) is 0 Å². The Morgan fingerprint density at radius 2 is 2.11 bits per heavy atom. The Hall–Kier alpha value is -1.11. The van der Waals surface area contributed by atoms with Crippen LogP contribution in [0.4, 0.5) is 10.2 Å². The molecular weight excluding hydrogens is 344 g/mol. The van der Waals surface area contributed by atoms with Gasteiger partial charge in [-0.25, -0.2) is 9.07 Å². The highest BCUT2D eigenvalue weighted by atomic mass is 127. The zero-order chi connectivity index (χ0) is 13.3. The first-order valence-corrected chi connectivity index (χ1v) is 6.88. The highest BCUT2D eigenvalue weighted by molar-refractivity contribution is 14.1. The standard InChI is InChI=1S/C13H15FIN3/c1-3-11(9-6-4-5-7-10(9)14)18-13(16)12(15)8(2)17-18/h4-7,11H,3,16H2,1-2H3. The van der Waals surface area contributed by atoms with Crippen molar-refractivity contribution < 1.29 is 4.39 Å². The summed E-state index contributed by atoms with van der Waals surface area (Å²) in [6.07, 6.45) is 0.738. The molecule has 1 unspecified atom stereocenters. The van der Waals surface area contributed by atoms with Gasteiger partial charge in [-0.2, -0.15) is 5.10 Å². The number of hydrogen-bond acceptors (Lipinski definition) is 2. The number of halogens is 2. The fourth-order valence-electron chi connectivity index (χ4n) is 2.05. The molecule has 1 aromatic heterocycles. The minimum atomic E-state index is -0.216. The second-order valence-corrected chi connectivity index (χ2v) is 5.25. The second-order valence-electron chi connectivity index (χ2n) is 4.17. The molecule has 0 saturated carbocycles. The number of nitrogens with two attached hydrogens (primary N) is 1. The summed E-state index contributed by atoms with van der Waals surface area (Å²) in [5.74, 6) is 0.384. The van der Waals surface area contributed by atoms with E-state index in [0.29, 0.717) is 11.4 Å². The number of rotatable bonds is 3. The summed E-state index contributed by atoms with van der Waals surface area (Å²) in [7, 11) is 0. The molecule has 5 heteroatoms. The van der Waals surface area contributed by atoms with Gasteiger partial charge in [0.05, 0.1) is 15.3 Å². The minimum Gasteiger partial charge on any atom is -0.383 e. The van der Waals surface area contributed by atoms with E-state index in [1.165, 1.54) is 6.07 Å². The van der Waals surface area contributed by atoms with Crippen molar-refractivity contribution in [3.05, 3.63) is 44.9 Å². The van der Waals surface area contributed by atoms with Crippen LogP contribution in [0.2, 0.25) is 0 Å². The van der Waals surface area contributed by atoms with Crippen LogP contribution in [-0.4, -0.2) is 9.78 Å². The molecule has 3 nitrogen and oxygen atoms in total. The van der Waals surface area contributed by atoms with Crippen LogP contribution in [0.25, 0.3) is 0 Å². The molecule has 0 fully saturated rings. The summed E-state index contributed by atoms with van der Waals surface area (Å²) in [4.78, 5) is 0. The van der Waals surface area contributed by atoms with Crippen molar-refractivity contribution in [2.75, 3.05) is 5.73 Å². The van der Waals surface area contributed by atoms with Gasteiger partial charge in [-0.1, -0.05) is 25.1 Å². The molecule has 1 aromatic carbocycles. The predicted molar refractivity (Wildman–Crippen MR) is 78.9 cm³/mol. The lowest BCUT2D eigenvalue weighted by atomic mass is 10.0. The molecule has 2 N–H and O–H groups in total. The Morgan fingerprint density at radius 1 is 1.44 bits per heavy atom. The zero-order valence-electron chi connectivity index (χ0n) is 10.3. The number of nitrogens with zero attached hydrogens (tertiary/aromatic N) is 2. The molecule has 0 aliphatic carbocycles. The van der Waals surface area contributed by atoms with Crippen molar-refractivity contribution in [1.29, 1.82) is 0 Å². The summed E-state index contributed by atoms with van der Waals surface area (Å²) >= 11 is 2.17. The summed E-state index contributed by atoms with van der Waals surface area (Å²) in [6.45, 7) is 3.91. The smallest absolute Gasteiger partial charge is 0.136 e. The molecule has 1 atom stereocenters. The molecule has 2 rings (SSSR count). The molecular formula is C13H15FIN3. The van der Waals surface area contributed by atoms with E-state index in [4.69, 9.17) is 5.73 Å². The Kier molecular flexibility index (Phi) is 3.89. The Balaban J connectivity index is 2.52. The lowest BCUT2D eigenvalue weighted by Gasteiger charge is -2.18. The third-order valence-corrected chi connectivity index (χ3v) is 4.33. The Labute approximate surface area is 119 Å². The van der Waals surface area contributed by atoms with E-state index in [2.05, 4.69) is 27.7 Å². The van der Waals surface area contributed by atoms with E-state index in [0.717, 1.165) is 15.7 Å². The molecule has 1 heterocycles. The van der Waals surface area contributed by atoms with Crippen molar-refractivity contribution in [2.45, 2.75) is 26.3 Å². The Bertz CT molecular complexity index is 565. The highest BCUT2D eigenvalue weighted by Gasteiger charge is 2.20. The molecule has 0 aliphatic rings. The third kappa shape index (κ3) is 2.23. The van der Waals surface area contributed by atoms with E-state index in [1.807, 2.05) is 19.9 Å². The first kappa shape index (κ1) is 13.3. The minimum absolute atomic E-state index is 0.159. The quantitative estimate of drug-likeness (QED) is 0.853. The highest BCUT2D eigenvalue weighted by Crippen LogP contribution is 2.29. The van der Waals surface area contributed by atoms with Crippen molar-refractivity contribution >= 4 is 28.4 Å². The van der Waals surface area contributed by atoms with Crippen LogP contribution in [0.1, 0.15) is 30.6 Å². The van der Waals surface area contributed by atoms with Gasteiger partial charge in [-0.15, -0.1) is 0 Å². The largest absolute Gasteiger partial charge is 0.383 e. The van der Waals surface area contributed by atoms with Gasteiger partial charge in [0.1, 0.15) is 11.6 Å². The number of aryl methyl sites for hydroxylation is 1. The average Bonchev–Trinajstić information content (AvgIpc) is 2.61. The molecule has 18 heavy (non-hydrogen) atoms. The summed E-state index contributed by atoms with van der Waals surface area (Å²) in [5.41, 5.74) is 7.55. The molecule has 0 saturated heterocycles. The van der Waals surface area contributed by atoms with Gasteiger partial charge in [-0.05, 0) is 42.0 Å². The summed E-state index contributed by atoms with van der Waals surface area (Å²) in [5, 5.41) is 4.42. The SMILES string of the molecule is CCC(c1ccccc1F)n1nc(C)c(I)c1N. The normalized spacial score (nSPS) is 12.7. The molecule has 0 radical (unpaired) electrons. The third-order valence-electron chi connectivity index (χ3n) is 2.99. The first-order chi connectivity index (χ1) is 8.56. The van der Waals surface area contributed by atoms with E-state index < -0.39 is 0 Å². The molecule has 0 spiro atoms. The van der Waals surface area contributed by atoms with E-state index in [9.17, 15) is 4.39 Å². The van der Waals surface area contributed by atoms with Crippen molar-refractivity contribution in [1.82, 2.24) is 9.78 Å². The lowest BCUT2D eigenvalue weighted by molar-refractivity contribution is 0.483. The van der Waals surface area contributed by atoms with Crippen LogP contribution in [0.3, 0.4) is 0 Å². The first-order valence-electron chi connectivity index (χ1n) is 5.80. The zero-order valence-corrected chi connectivity index (χ0v) is 12.5. The van der Waals surface area contributed by atoms with E-state index >= 15 is 0 Å². The maximum Gasteiger partial charge on any atom is 0.136 e. The van der Waals surface area contributed by atoms with Gasteiger partial charge in [0.25, 0.3) is 0 Å². The van der Waals surface area contributed by atoms with Gasteiger partial charge >= 0.3 is 0 Å². The Morgan fingerprint density at radius 3 is 2.61 bits per heavy atom. The van der Waals surface area contributed by atoms with Gasteiger partial charge in [0.2, 0.25) is 0 Å². The molecule has 0 bridgehead atoms. The number of aromatic nitrogens is 2. The van der Waals surface area contributed by atoms with Gasteiger partial charge < -0.3 is 5.73 Å². The monoisotopic (exact) mass is 359 g/mol. The summed E-state index contributed by atoms with van der Waals surface area (Å²) < 4.78 is 16.5. The van der Waals surface area contributed by atoms with Crippen LogP contribution in [0.15, 0.2) is 24.3 Å². The van der Waals surface area contributed by atoms with Gasteiger partial charge in [0.15, 0.2) is 0 Å². The molecule has 0 amide bonds. The number of nitrogen functional groups attached to an aromatic ring is 1. The van der Waals surface area contributed by atoms with Gasteiger partial charge in [0, 0.05) is 5.56 Å². The predicted octanol–water partition coefficient (Wildman–Crippen LogP) is 3.52. The number of anilines is 1. The fraction of sp³-hybridized carbons (Fsp3) is 0.308. The fourth-order valence-corrected chi connectivity index (χ4v) is 2.41.